The highest BCUT2D eigenvalue weighted by Gasteiger charge is 2.07. The first-order valence-electron chi connectivity index (χ1n) is 3.99. The minimum atomic E-state index is -0.887. The number of hydrogen-bond acceptors (Lipinski definition) is 3. The molecule has 0 aliphatic carbocycles. The summed E-state index contributed by atoms with van der Waals surface area (Å²) in [5.74, 6) is -0.887. The third-order valence-corrected chi connectivity index (χ3v) is 2.79. The maximum atomic E-state index is 10.6. The lowest BCUT2D eigenvalue weighted by molar-refractivity contribution is 0.0697. The fourth-order valence-corrected chi connectivity index (χ4v) is 2.01. The summed E-state index contributed by atoms with van der Waals surface area (Å²) in [6, 6.07) is 5.39. The molecule has 0 bridgehead atoms. The Balaban J connectivity index is 2.39. The molecule has 0 atom stereocenters. The van der Waals surface area contributed by atoms with Gasteiger partial charge in [-0.1, -0.05) is 0 Å². The molecule has 14 heavy (non-hydrogen) atoms. The topological polar surface area (TPSA) is 50.2 Å². The van der Waals surface area contributed by atoms with Gasteiger partial charge < -0.3 is 5.11 Å². The summed E-state index contributed by atoms with van der Waals surface area (Å²) in [4.78, 5) is 15.5. The average Bonchev–Trinajstić information content (AvgIpc) is 2.68. The number of aromatic nitrogens is 1. The van der Waals surface area contributed by atoms with Gasteiger partial charge in [0.15, 0.2) is 0 Å². The van der Waals surface area contributed by atoms with Crippen molar-refractivity contribution in [3.8, 4) is 10.4 Å². The van der Waals surface area contributed by atoms with Crippen molar-refractivity contribution in [2.24, 2.45) is 0 Å². The van der Waals surface area contributed by atoms with Gasteiger partial charge in [-0.3, -0.25) is 4.98 Å². The zero-order chi connectivity index (χ0) is 9.97. The van der Waals surface area contributed by atoms with Crippen molar-refractivity contribution in [2.75, 3.05) is 0 Å². The van der Waals surface area contributed by atoms with E-state index in [1.807, 2.05) is 12.1 Å². The van der Waals surface area contributed by atoms with Crippen molar-refractivity contribution in [3.05, 3.63) is 41.5 Å². The second kappa shape index (κ2) is 3.59. The molecule has 1 N–H and O–H groups in total. The molecule has 0 saturated carbocycles. The lowest BCUT2D eigenvalue weighted by atomic mass is 10.2. The molecular weight excluding hydrogens is 198 g/mol. The second-order valence-corrected chi connectivity index (χ2v) is 3.65. The lowest BCUT2D eigenvalue weighted by Gasteiger charge is -1.93. The highest BCUT2D eigenvalue weighted by molar-refractivity contribution is 7.13. The molecule has 0 fully saturated rings. The van der Waals surface area contributed by atoms with Crippen LogP contribution < -0.4 is 0 Å². The molecular formula is C10H7NO2S. The standard InChI is InChI=1S/C10H7NO2S/c12-10(13)8-5-9(14-6-8)7-1-3-11-4-2-7/h1-6H,(H,12,13). The lowest BCUT2D eigenvalue weighted by Crippen LogP contribution is -1.91. The van der Waals surface area contributed by atoms with Crippen LogP contribution in [0.2, 0.25) is 0 Å². The Kier molecular flexibility index (Phi) is 2.28. The molecule has 2 rings (SSSR count). The predicted molar refractivity (Wildman–Crippen MR) is 54.5 cm³/mol. The predicted octanol–water partition coefficient (Wildman–Crippen LogP) is 2.51. The third kappa shape index (κ3) is 1.65. The van der Waals surface area contributed by atoms with E-state index in [1.54, 1.807) is 23.8 Å². The zero-order valence-electron chi connectivity index (χ0n) is 7.18. The Morgan fingerprint density at radius 3 is 2.64 bits per heavy atom. The molecule has 2 aromatic heterocycles. The van der Waals surface area contributed by atoms with Crippen molar-refractivity contribution in [3.63, 3.8) is 0 Å². The second-order valence-electron chi connectivity index (χ2n) is 2.74. The van der Waals surface area contributed by atoms with Crippen molar-refractivity contribution in [2.45, 2.75) is 0 Å². The summed E-state index contributed by atoms with van der Waals surface area (Å²) in [7, 11) is 0. The van der Waals surface area contributed by atoms with E-state index in [9.17, 15) is 4.79 Å². The van der Waals surface area contributed by atoms with Crippen LogP contribution in [0.5, 0.6) is 0 Å². The molecule has 2 heterocycles. The van der Waals surface area contributed by atoms with Crippen LogP contribution >= 0.6 is 11.3 Å². The molecule has 3 nitrogen and oxygen atoms in total. The Hall–Kier alpha value is -1.68. The summed E-state index contributed by atoms with van der Waals surface area (Å²) in [6.07, 6.45) is 3.38. The van der Waals surface area contributed by atoms with Crippen molar-refractivity contribution < 1.29 is 9.90 Å². The van der Waals surface area contributed by atoms with E-state index in [2.05, 4.69) is 4.98 Å². The van der Waals surface area contributed by atoms with Crippen LogP contribution in [-0.2, 0) is 0 Å². The van der Waals surface area contributed by atoms with E-state index in [0.717, 1.165) is 10.4 Å². The molecule has 0 spiro atoms. The number of pyridine rings is 1. The highest BCUT2D eigenvalue weighted by Crippen LogP contribution is 2.26. The van der Waals surface area contributed by atoms with Gasteiger partial charge in [0, 0.05) is 22.7 Å². The summed E-state index contributed by atoms with van der Waals surface area (Å²) in [5, 5.41) is 10.4. The van der Waals surface area contributed by atoms with Crippen LogP contribution in [0.1, 0.15) is 10.4 Å². The molecule has 0 amide bonds. The van der Waals surface area contributed by atoms with Gasteiger partial charge in [-0.05, 0) is 23.8 Å². The van der Waals surface area contributed by atoms with Crippen LogP contribution in [-0.4, -0.2) is 16.1 Å². The van der Waals surface area contributed by atoms with Crippen molar-refractivity contribution in [1.82, 2.24) is 4.98 Å². The Morgan fingerprint density at radius 1 is 1.36 bits per heavy atom. The van der Waals surface area contributed by atoms with Gasteiger partial charge in [0.05, 0.1) is 5.56 Å². The number of thiophene rings is 1. The molecule has 4 heteroatoms. The van der Waals surface area contributed by atoms with Crippen LogP contribution in [0.4, 0.5) is 0 Å². The minimum absolute atomic E-state index is 0.335. The first-order valence-corrected chi connectivity index (χ1v) is 4.87. The number of carboxylic acids is 1. The van der Waals surface area contributed by atoms with Gasteiger partial charge in [-0.25, -0.2) is 4.79 Å². The smallest absolute Gasteiger partial charge is 0.336 e. The van der Waals surface area contributed by atoms with Crippen LogP contribution in [0.15, 0.2) is 36.0 Å². The fourth-order valence-electron chi connectivity index (χ4n) is 1.12. The SMILES string of the molecule is O=C(O)c1csc(-c2ccncc2)c1. The van der Waals surface area contributed by atoms with Gasteiger partial charge in [-0.2, -0.15) is 0 Å². The van der Waals surface area contributed by atoms with E-state index < -0.39 is 5.97 Å². The number of carbonyl (C=O) groups is 1. The molecule has 0 unspecified atom stereocenters. The number of rotatable bonds is 2. The zero-order valence-corrected chi connectivity index (χ0v) is 7.99. The van der Waals surface area contributed by atoms with Gasteiger partial charge in [0.1, 0.15) is 0 Å². The fraction of sp³-hybridized carbons (Fsp3) is 0. The summed E-state index contributed by atoms with van der Waals surface area (Å²) in [6.45, 7) is 0. The van der Waals surface area contributed by atoms with Gasteiger partial charge in [0.25, 0.3) is 0 Å². The molecule has 0 radical (unpaired) electrons. The van der Waals surface area contributed by atoms with Gasteiger partial charge in [-0.15, -0.1) is 11.3 Å². The van der Waals surface area contributed by atoms with Crippen LogP contribution in [0, 0.1) is 0 Å². The highest BCUT2D eigenvalue weighted by atomic mass is 32.1. The van der Waals surface area contributed by atoms with E-state index in [4.69, 9.17) is 5.11 Å². The maximum absolute atomic E-state index is 10.6. The van der Waals surface area contributed by atoms with Crippen molar-refractivity contribution in [1.29, 1.82) is 0 Å². The first-order chi connectivity index (χ1) is 6.77. The van der Waals surface area contributed by atoms with Crippen LogP contribution in [0.25, 0.3) is 10.4 Å². The summed E-state index contributed by atoms with van der Waals surface area (Å²) >= 11 is 1.42. The number of carboxylic acid groups (broad SMARTS) is 1. The molecule has 2 aromatic rings. The quantitative estimate of drug-likeness (QED) is 0.819. The molecule has 0 aromatic carbocycles. The van der Waals surface area contributed by atoms with E-state index >= 15 is 0 Å². The first kappa shape index (κ1) is 8.90. The molecule has 0 saturated heterocycles. The van der Waals surface area contributed by atoms with Crippen LogP contribution in [0.3, 0.4) is 0 Å². The molecule has 70 valence electrons. The minimum Gasteiger partial charge on any atom is -0.478 e. The molecule has 0 aliphatic heterocycles. The van der Waals surface area contributed by atoms with E-state index in [-0.39, 0.29) is 0 Å². The largest absolute Gasteiger partial charge is 0.478 e. The molecule has 0 aliphatic rings. The van der Waals surface area contributed by atoms with E-state index in [0.29, 0.717) is 5.56 Å². The van der Waals surface area contributed by atoms with Gasteiger partial charge in [0.2, 0.25) is 0 Å². The number of hydrogen-bond donors (Lipinski definition) is 1. The summed E-state index contributed by atoms with van der Waals surface area (Å²) in [5.41, 5.74) is 1.33. The Labute approximate surface area is 84.7 Å². The maximum Gasteiger partial charge on any atom is 0.336 e. The summed E-state index contributed by atoms with van der Waals surface area (Å²) < 4.78 is 0. The number of aromatic carboxylic acids is 1. The third-order valence-electron chi connectivity index (χ3n) is 1.81. The van der Waals surface area contributed by atoms with E-state index in [1.165, 1.54) is 11.3 Å². The van der Waals surface area contributed by atoms with Gasteiger partial charge >= 0.3 is 5.97 Å². The van der Waals surface area contributed by atoms with Crippen molar-refractivity contribution >= 4 is 17.3 Å². The average molecular weight is 205 g/mol. The normalized spacial score (nSPS) is 10.0. The number of nitrogens with zero attached hydrogens (tertiary/aromatic N) is 1. The Morgan fingerprint density at radius 2 is 2.07 bits per heavy atom. The Bertz CT molecular complexity index is 450. The monoisotopic (exact) mass is 205 g/mol.